The van der Waals surface area contributed by atoms with Gasteiger partial charge in [0.15, 0.2) is 0 Å². The molecule has 0 bridgehead atoms. The molecule has 16 heavy (non-hydrogen) atoms. The maximum Gasteiger partial charge on any atom is 0.110 e. The van der Waals surface area contributed by atoms with Crippen molar-refractivity contribution in [3.05, 3.63) is 47.7 Å². The molecule has 1 aromatic carbocycles. The molecule has 3 heteroatoms. The highest BCUT2D eigenvalue weighted by molar-refractivity contribution is 5.86. The van der Waals surface area contributed by atoms with E-state index in [1.54, 1.807) is 18.3 Å². The lowest BCUT2D eigenvalue weighted by molar-refractivity contribution is 0.0479. The normalized spacial score (nSPS) is 23.4. The minimum absolute atomic E-state index is 0.764. The molecule has 3 nitrogen and oxygen atoms in total. The van der Waals surface area contributed by atoms with Crippen molar-refractivity contribution in [1.29, 1.82) is 0 Å². The first kappa shape index (κ1) is 9.51. The summed E-state index contributed by atoms with van der Waals surface area (Å²) in [6.45, 7) is 0. The van der Waals surface area contributed by atoms with Gasteiger partial charge in [-0.05, 0) is 11.6 Å². The molecule has 2 N–H and O–H groups in total. The van der Waals surface area contributed by atoms with Crippen molar-refractivity contribution in [1.82, 2.24) is 4.98 Å². The van der Waals surface area contributed by atoms with Gasteiger partial charge in [-0.3, -0.25) is 4.98 Å². The molecule has 2 unspecified atom stereocenters. The number of aromatic nitrogens is 1. The van der Waals surface area contributed by atoms with Crippen LogP contribution >= 0.6 is 0 Å². The number of nitrogens with zero attached hydrogens (tertiary/aromatic N) is 1. The molecule has 1 aliphatic carbocycles. The molecular weight excluding hydrogens is 202 g/mol. The molecule has 0 saturated heterocycles. The molecule has 0 radical (unpaired) electrons. The van der Waals surface area contributed by atoms with Crippen molar-refractivity contribution in [3.63, 3.8) is 0 Å². The second kappa shape index (κ2) is 3.40. The highest BCUT2D eigenvalue weighted by atomic mass is 16.3. The Balaban J connectivity index is 2.37. The number of aliphatic hydroxyl groups excluding tert-OH is 2. The fourth-order valence-corrected chi connectivity index (χ4v) is 2.12. The molecule has 0 amide bonds. The summed E-state index contributed by atoms with van der Waals surface area (Å²) in [5.41, 5.74) is 2.47. The Labute approximate surface area is 92.7 Å². The number of fused-ring (bicyclic) bond motifs is 3. The summed E-state index contributed by atoms with van der Waals surface area (Å²) in [6.07, 6.45) is 3.41. The number of para-hydroxylation sites is 1. The Morgan fingerprint density at radius 1 is 1.12 bits per heavy atom. The van der Waals surface area contributed by atoms with E-state index in [0.717, 1.165) is 22.0 Å². The van der Waals surface area contributed by atoms with Gasteiger partial charge in [0.2, 0.25) is 0 Å². The zero-order valence-electron chi connectivity index (χ0n) is 8.54. The van der Waals surface area contributed by atoms with E-state index >= 15 is 0 Å². The van der Waals surface area contributed by atoms with Crippen molar-refractivity contribution < 1.29 is 10.2 Å². The standard InChI is InChI=1S/C13H11NO2/c15-11-6-5-8-7-14-10-4-2-1-3-9(10)12(8)13(11)16/h1-7,11,13,15-16H. The van der Waals surface area contributed by atoms with Gasteiger partial charge in [0.25, 0.3) is 0 Å². The molecule has 0 fully saturated rings. The van der Waals surface area contributed by atoms with Gasteiger partial charge in [0, 0.05) is 17.1 Å². The van der Waals surface area contributed by atoms with Gasteiger partial charge < -0.3 is 10.2 Å². The predicted molar refractivity (Wildman–Crippen MR) is 61.7 cm³/mol. The lowest BCUT2D eigenvalue weighted by atomic mass is 9.91. The van der Waals surface area contributed by atoms with Crippen LogP contribution in [0.2, 0.25) is 0 Å². The average Bonchev–Trinajstić information content (AvgIpc) is 2.33. The Hall–Kier alpha value is -1.71. The molecule has 2 atom stereocenters. The van der Waals surface area contributed by atoms with Crippen LogP contribution in [-0.4, -0.2) is 21.3 Å². The SMILES string of the molecule is OC1C=Cc2cnc3ccccc3c2C1O. The number of rotatable bonds is 0. The van der Waals surface area contributed by atoms with Crippen LogP contribution < -0.4 is 0 Å². The van der Waals surface area contributed by atoms with Crippen LogP contribution in [0.25, 0.3) is 17.0 Å². The zero-order chi connectivity index (χ0) is 11.1. The van der Waals surface area contributed by atoms with E-state index in [1.165, 1.54) is 0 Å². The summed E-state index contributed by atoms with van der Waals surface area (Å²) < 4.78 is 0. The summed E-state index contributed by atoms with van der Waals surface area (Å²) in [5.74, 6) is 0. The monoisotopic (exact) mass is 213 g/mol. The van der Waals surface area contributed by atoms with Gasteiger partial charge >= 0.3 is 0 Å². The lowest BCUT2D eigenvalue weighted by Gasteiger charge is -2.22. The highest BCUT2D eigenvalue weighted by Gasteiger charge is 2.24. The molecule has 0 saturated carbocycles. The van der Waals surface area contributed by atoms with Crippen LogP contribution in [-0.2, 0) is 0 Å². The maximum absolute atomic E-state index is 10.00. The minimum atomic E-state index is -0.868. The summed E-state index contributed by atoms with van der Waals surface area (Å²) >= 11 is 0. The second-order valence-corrected chi connectivity index (χ2v) is 3.94. The quantitative estimate of drug-likeness (QED) is 0.699. The molecule has 3 rings (SSSR count). The minimum Gasteiger partial charge on any atom is -0.386 e. The van der Waals surface area contributed by atoms with Gasteiger partial charge in [-0.25, -0.2) is 0 Å². The van der Waals surface area contributed by atoms with E-state index in [-0.39, 0.29) is 0 Å². The molecule has 2 aromatic rings. The maximum atomic E-state index is 10.00. The third-order valence-electron chi connectivity index (χ3n) is 2.94. The molecule has 0 aliphatic heterocycles. The van der Waals surface area contributed by atoms with Crippen LogP contribution in [0.15, 0.2) is 36.5 Å². The van der Waals surface area contributed by atoms with Gasteiger partial charge in [-0.1, -0.05) is 30.4 Å². The first-order chi connectivity index (χ1) is 7.77. The Kier molecular flexibility index (Phi) is 2.02. The third kappa shape index (κ3) is 1.26. The summed E-state index contributed by atoms with van der Waals surface area (Å²) in [6, 6.07) is 7.62. The van der Waals surface area contributed by atoms with E-state index in [0.29, 0.717) is 0 Å². The molecule has 1 aliphatic rings. The van der Waals surface area contributed by atoms with E-state index in [4.69, 9.17) is 0 Å². The fourth-order valence-electron chi connectivity index (χ4n) is 2.12. The Morgan fingerprint density at radius 2 is 1.94 bits per heavy atom. The number of hydrogen-bond acceptors (Lipinski definition) is 3. The molecule has 80 valence electrons. The lowest BCUT2D eigenvalue weighted by Crippen LogP contribution is -2.19. The van der Waals surface area contributed by atoms with Crippen molar-refractivity contribution in [2.75, 3.05) is 0 Å². The third-order valence-corrected chi connectivity index (χ3v) is 2.94. The van der Waals surface area contributed by atoms with E-state index in [9.17, 15) is 10.2 Å². The van der Waals surface area contributed by atoms with E-state index < -0.39 is 12.2 Å². The van der Waals surface area contributed by atoms with Crippen molar-refractivity contribution in [2.45, 2.75) is 12.2 Å². The van der Waals surface area contributed by atoms with E-state index in [1.807, 2.05) is 24.3 Å². The first-order valence-corrected chi connectivity index (χ1v) is 5.19. The van der Waals surface area contributed by atoms with Crippen molar-refractivity contribution in [2.24, 2.45) is 0 Å². The van der Waals surface area contributed by atoms with Gasteiger partial charge in [0.05, 0.1) is 5.52 Å². The van der Waals surface area contributed by atoms with Crippen LogP contribution in [0.3, 0.4) is 0 Å². The molecule has 1 heterocycles. The number of aliphatic hydroxyl groups is 2. The van der Waals surface area contributed by atoms with Gasteiger partial charge in [-0.2, -0.15) is 0 Å². The Bertz CT molecular complexity index is 577. The summed E-state index contributed by atoms with van der Waals surface area (Å²) in [5, 5.41) is 20.5. The van der Waals surface area contributed by atoms with Gasteiger partial charge in [0.1, 0.15) is 12.2 Å². The van der Waals surface area contributed by atoms with Crippen LogP contribution in [0, 0.1) is 0 Å². The summed E-state index contributed by atoms with van der Waals surface area (Å²) in [4.78, 5) is 4.31. The van der Waals surface area contributed by atoms with Crippen molar-refractivity contribution in [3.8, 4) is 0 Å². The zero-order valence-corrected chi connectivity index (χ0v) is 8.54. The van der Waals surface area contributed by atoms with Crippen LogP contribution in [0.5, 0.6) is 0 Å². The molecule has 1 aromatic heterocycles. The van der Waals surface area contributed by atoms with E-state index in [2.05, 4.69) is 4.98 Å². The summed E-state index contributed by atoms with van der Waals surface area (Å²) in [7, 11) is 0. The molecular formula is C13H11NO2. The number of pyridine rings is 1. The number of hydrogen-bond donors (Lipinski definition) is 2. The topological polar surface area (TPSA) is 53.4 Å². The van der Waals surface area contributed by atoms with Crippen LogP contribution in [0.4, 0.5) is 0 Å². The largest absolute Gasteiger partial charge is 0.386 e. The second-order valence-electron chi connectivity index (χ2n) is 3.94. The smallest absolute Gasteiger partial charge is 0.110 e. The number of benzene rings is 1. The average molecular weight is 213 g/mol. The molecule has 0 spiro atoms. The van der Waals surface area contributed by atoms with Gasteiger partial charge in [-0.15, -0.1) is 0 Å². The predicted octanol–water partition coefficient (Wildman–Crippen LogP) is 1.66. The van der Waals surface area contributed by atoms with Crippen molar-refractivity contribution >= 4 is 17.0 Å². The van der Waals surface area contributed by atoms with Crippen LogP contribution in [0.1, 0.15) is 17.2 Å². The Morgan fingerprint density at radius 3 is 2.81 bits per heavy atom. The highest BCUT2D eigenvalue weighted by Crippen LogP contribution is 2.32. The first-order valence-electron chi connectivity index (χ1n) is 5.19. The fraction of sp³-hybridized carbons (Fsp3) is 0.154.